The second-order valence-corrected chi connectivity index (χ2v) is 8.79. The third-order valence-corrected chi connectivity index (χ3v) is 6.26. The normalized spacial score (nSPS) is 21.8. The van der Waals surface area contributed by atoms with E-state index in [0.29, 0.717) is 35.5 Å². The van der Waals surface area contributed by atoms with Gasteiger partial charge in [0.05, 0.1) is 17.2 Å². The fourth-order valence-corrected chi connectivity index (χ4v) is 4.36. The van der Waals surface area contributed by atoms with Gasteiger partial charge in [-0.3, -0.25) is 4.79 Å². The monoisotopic (exact) mass is 473 g/mol. The third kappa shape index (κ3) is 4.46. The number of piperidine rings is 1. The van der Waals surface area contributed by atoms with Crippen molar-refractivity contribution in [3.05, 3.63) is 53.2 Å². The van der Waals surface area contributed by atoms with Gasteiger partial charge in [-0.05, 0) is 56.7 Å². The number of amides is 1. The topological polar surface area (TPSA) is 94.2 Å². The van der Waals surface area contributed by atoms with Crippen molar-refractivity contribution in [1.82, 2.24) is 25.0 Å². The number of fused-ring (bicyclic) bond motifs is 1. The highest BCUT2D eigenvalue weighted by Crippen LogP contribution is 2.47. The third-order valence-electron chi connectivity index (χ3n) is 6.26. The van der Waals surface area contributed by atoms with Gasteiger partial charge >= 0.3 is 6.18 Å². The van der Waals surface area contributed by atoms with Crippen LogP contribution in [0.25, 0.3) is 11.5 Å². The Morgan fingerprint density at radius 3 is 2.65 bits per heavy atom. The standard InChI is InChI=1S/C23H22F3N5O3/c1-12-3-5-18(21-29-13(2)30-34-21)20(28-12)22(32)31-10-15-7-14(15)8-17(31)11-33-19-6-4-16(9-27-19)23(24,25)26/h3-6,9,14-15,17H,7-8,10-11H2,1-2H3/t14-,15+,17?/m1/s1. The molecule has 3 aromatic rings. The SMILES string of the molecule is Cc1ccc(-c2nc(C)no2)c(C(=O)N2C[C@@H]3C[C@@H]3CC2COc2ccc(C(F)(F)F)cn2)n1. The van der Waals surface area contributed by atoms with Crippen LogP contribution in [0.4, 0.5) is 13.2 Å². The predicted octanol–water partition coefficient (Wildman–Crippen LogP) is 4.09. The van der Waals surface area contributed by atoms with Gasteiger partial charge in [-0.1, -0.05) is 5.16 Å². The molecule has 5 rings (SSSR count). The summed E-state index contributed by atoms with van der Waals surface area (Å²) >= 11 is 0. The van der Waals surface area contributed by atoms with E-state index in [1.807, 2.05) is 0 Å². The van der Waals surface area contributed by atoms with E-state index < -0.39 is 11.7 Å². The van der Waals surface area contributed by atoms with Crippen molar-refractivity contribution in [2.45, 2.75) is 38.9 Å². The smallest absolute Gasteiger partial charge is 0.417 e. The van der Waals surface area contributed by atoms with E-state index in [1.54, 1.807) is 30.9 Å². The van der Waals surface area contributed by atoms with E-state index >= 15 is 0 Å². The summed E-state index contributed by atoms with van der Waals surface area (Å²) in [6.07, 6.45) is -1.94. The van der Waals surface area contributed by atoms with Crippen LogP contribution in [0.5, 0.6) is 5.88 Å². The van der Waals surface area contributed by atoms with Gasteiger partial charge in [-0.15, -0.1) is 0 Å². The first-order valence-electron chi connectivity index (χ1n) is 10.9. The molecule has 3 atom stereocenters. The number of likely N-dealkylation sites (tertiary alicyclic amines) is 1. The Labute approximate surface area is 193 Å². The second kappa shape index (κ2) is 8.37. The fraction of sp³-hybridized carbons (Fsp3) is 0.435. The summed E-state index contributed by atoms with van der Waals surface area (Å²) in [5.41, 5.74) is 0.509. The lowest BCUT2D eigenvalue weighted by atomic mass is 10.0. The lowest BCUT2D eigenvalue weighted by Gasteiger charge is -2.35. The molecular formula is C23H22F3N5O3. The Balaban J connectivity index is 1.37. The van der Waals surface area contributed by atoms with Gasteiger partial charge in [-0.25, -0.2) is 9.97 Å². The highest BCUT2D eigenvalue weighted by atomic mass is 19.4. The van der Waals surface area contributed by atoms with Crippen LogP contribution in [0, 0.1) is 25.7 Å². The molecule has 178 valence electrons. The number of halogens is 3. The summed E-state index contributed by atoms with van der Waals surface area (Å²) in [5.74, 6) is 1.42. The van der Waals surface area contributed by atoms with Crippen LogP contribution in [0.1, 0.15) is 40.4 Å². The highest BCUT2D eigenvalue weighted by molar-refractivity contribution is 5.98. The number of aromatic nitrogens is 4. The molecule has 0 radical (unpaired) electrons. The second-order valence-electron chi connectivity index (χ2n) is 8.79. The van der Waals surface area contributed by atoms with Crippen molar-refractivity contribution in [2.24, 2.45) is 11.8 Å². The van der Waals surface area contributed by atoms with Crippen molar-refractivity contribution in [3.8, 4) is 17.3 Å². The van der Waals surface area contributed by atoms with Gasteiger partial charge in [0.1, 0.15) is 12.3 Å². The minimum atomic E-state index is -4.46. The van der Waals surface area contributed by atoms with Crippen LogP contribution in [-0.2, 0) is 6.18 Å². The van der Waals surface area contributed by atoms with Crippen LogP contribution < -0.4 is 4.74 Å². The van der Waals surface area contributed by atoms with E-state index in [2.05, 4.69) is 20.1 Å². The van der Waals surface area contributed by atoms with E-state index in [-0.39, 0.29) is 36.0 Å². The first-order valence-corrected chi connectivity index (χ1v) is 10.9. The Kier molecular flexibility index (Phi) is 5.49. The van der Waals surface area contributed by atoms with Gasteiger partial charge in [0.2, 0.25) is 5.88 Å². The molecule has 3 aromatic heterocycles. The van der Waals surface area contributed by atoms with Crippen LogP contribution >= 0.6 is 0 Å². The Bertz CT molecular complexity index is 1210. The molecule has 4 heterocycles. The zero-order valence-corrected chi connectivity index (χ0v) is 18.5. The van der Waals surface area contributed by atoms with E-state index in [9.17, 15) is 18.0 Å². The lowest BCUT2D eigenvalue weighted by Crippen LogP contribution is -2.48. The molecule has 2 fully saturated rings. The molecule has 1 saturated heterocycles. The maximum Gasteiger partial charge on any atom is 0.417 e. The number of alkyl halides is 3. The van der Waals surface area contributed by atoms with Crippen LogP contribution in [0.15, 0.2) is 35.0 Å². The fourth-order valence-electron chi connectivity index (χ4n) is 4.36. The molecule has 34 heavy (non-hydrogen) atoms. The van der Waals surface area contributed by atoms with E-state index in [1.165, 1.54) is 6.07 Å². The summed E-state index contributed by atoms with van der Waals surface area (Å²) in [5, 5.41) is 3.81. The van der Waals surface area contributed by atoms with Crippen molar-refractivity contribution >= 4 is 5.91 Å². The predicted molar refractivity (Wildman–Crippen MR) is 113 cm³/mol. The summed E-state index contributed by atoms with van der Waals surface area (Å²) < 4.78 is 49.3. The van der Waals surface area contributed by atoms with E-state index in [4.69, 9.17) is 9.26 Å². The summed E-state index contributed by atoms with van der Waals surface area (Å²) in [7, 11) is 0. The number of ether oxygens (including phenoxy) is 1. The van der Waals surface area contributed by atoms with Crippen molar-refractivity contribution in [1.29, 1.82) is 0 Å². The van der Waals surface area contributed by atoms with E-state index in [0.717, 1.165) is 25.1 Å². The molecule has 11 heteroatoms. The molecule has 1 saturated carbocycles. The Morgan fingerprint density at radius 1 is 1.15 bits per heavy atom. The number of hydrogen-bond donors (Lipinski definition) is 0. The quantitative estimate of drug-likeness (QED) is 0.551. The molecule has 1 amide bonds. The summed E-state index contributed by atoms with van der Waals surface area (Å²) in [6, 6.07) is 5.37. The zero-order valence-electron chi connectivity index (χ0n) is 18.5. The molecule has 0 aromatic carbocycles. The molecule has 1 aliphatic carbocycles. The van der Waals surface area contributed by atoms with Gasteiger partial charge in [0.25, 0.3) is 11.8 Å². The molecule has 1 unspecified atom stereocenters. The lowest BCUT2D eigenvalue weighted by molar-refractivity contribution is -0.137. The van der Waals surface area contributed by atoms with Gasteiger partial charge in [-0.2, -0.15) is 18.2 Å². The first-order chi connectivity index (χ1) is 16.2. The van der Waals surface area contributed by atoms with Crippen molar-refractivity contribution in [2.75, 3.05) is 13.2 Å². The average Bonchev–Trinajstić information content (AvgIpc) is 3.44. The van der Waals surface area contributed by atoms with Gasteiger partial charge < -0.3 is 14.2 Å². The van der Waals surface area contributed by atoms with Crippen LogP contribution in [0.2, 0.25) is 0 Å². The summed E-state index contributed by atoms with van der Waals surface area (Å²) in [4.78, 5) is 27.9. The van der Waals surface area contributed by atoms with Gasteiger partial charge in [0.15, 0.2) is 5.82 Å². The molecular weight excluding hydrogens is 451 g/mol. The van der Waals surface area contributed by atoms with Gasteiger partial charge in [0, 0.05) is 24.5 Å². The van der Waals surface area contributed by atoms with Crippen LogP contribution in [0.3, 0.4) is 0 Å². The van der Waals surface area contributed by atoms with Crippen LogP contribution in [-0.4, -0.2) is 50.1 Å². The minimum Gasteiger partial charge on any atom is -0.475 e. The Hall–Kier alpha value is -3.50. The summed E-state index contributed by atoms with van der Waals surface area (Å²) in [6.45, 7) is 4.17. The number of pyridine rings is 2. The molecule has 1 aliphatic heterocycles. The number of aryl methyl sites for hydroxylation is 2. The zero-order chi connectivity index (χ0) is 24.0. The van der Waals surface area contributed by atoms with Crippen molar-refractivity contribution in [3.63, 3.8) is 0 Å². The Morgan fingerprint density at radius 2 is 1.97 bits per heavy atom. The minimum absolute atomic E-state index is 0.0778. The maximum absolute atomic E-state index is 13.7. The molecule has 0 bridgehead atoms. The number of rotatable bonds is 5. The number of nitrogens with zero attached hydrogens (tertiary/aromatic N) is 5. The number of carbonyl (C=O) groups is 1. The number of hydrogen-bond acceptors (Lipinski definition) is 7. The average molecular weight is 473 g/mol. The molecule has 8 nitrogen and oxygen atoms in total. The first kappa shape index (κ1) is 22.3. The maximum atomic E-state index is 13.7. The number of carbonyl (C=O) groups excluding carboxylic acids is 1. The molecule has 0 spiro atoms. The highest BCUT2D eigenvalue weighted by Gasteiger charge is 2.48. The molecule has 2 aliphatic rings. The van der Waals surface area contributed by atoms with Crippen molar-refractivity contribution < 1.29 is 27.2 Å². The largest absolute Gasteiger partial charge is 0.475 e. The molecule has 0 N–H and O–H groups in total.